The van der Waals surface area contributed by atoms with Crippen LogP contribution in [0.25, 0.3) is 0 Å². The lowest BCUT2D eigenvalue weighted by atomic mass is 9.98. The highest BCUT2D eigenvalue weighted by Gasteiger charge is 2.13. The van der Waals surface area contributed by atoms with Crippen molar-refractivity contribution in [2.45, 2.75) is 20.0 Å². The third-order valence-corrected chi connectivity index (χ3v) is 3.77. The second-order valence-corrected chi connectivity index (χ2v) is 5.12. The van der Waals surface area contributed by atoms with Crippen LogP contribution in [-0.4, -0.2) is 5.11 Å². The summed E-state index contributed by atoms with van der Waals surface area (Å²) in [4.78, 5) is 0. The number of aliphatic hydroxyl groups is 1. The van der Waals surface area contributed by atoms with Crippen molar-refractivity contribution in [1.29, 1.82) is 0 Å². The van der Waals surface area contributed by atoms with Gasteiger partial charge in [0.2, 0.25) is 0 Å². The number of halogens is 1. The predicted octanol–water partition coefficient (Wildman–Crippen LogP) is 4.15. The number of aryl methyl sites for hydroxylation is 2. The van der Waals surface area contributed by atoms with Crippen LogP contribution in [0.4, 0.5) is 0 Å². The Labute approximate surface area is 110 Å². The molecule has 88 valence electrons. The lowest BCUT2D eigenvalue weighted by molar-refractivity contribution is 0.219. The summed E-state index contributed by atoms with van der Waals surface area (Å²) in [6.07, 6.45) is -0.579. The van der Waals surface area contributed by atoms with Crippen LogP contribution in [0.5, 0.6) is 0 Å². The molecule has 2 heteroatoms. The van der Waals surface area contributed by atoms with Gasteiger partial charge in [-0.1, -0.05) is 52.3 Å². The van der Waals surface area contributed by atoms with E-state index in [9.17, 15) is 5.11 Å². The lowest BCUT2D eigenvalue weighted by Gasteiger charge is -2.14. The Morgan fingerprint density at radius 1 is 1.00 bits per heavy atom. The first-order valence-electron chi connectivity index (χ1n) is 5.59. The van der Waals surface area contributed by atoms with E-state index in [0.717, 1.165) is 15.6 Å². The van der Waals surface area contributed by atoms with E-state index in [0.29, 0.717) is 0 Å². The van der Waals surface area contributed by atoms with Gasteiger partial charge in [0.25, 0.3) is 0 Å². The van der Waals surface area contributed by atoms with Gasteiger partial charge >= 0.3 is 0 Å². The van der Waals surface area contributed by atoms with Crippen LogP contribution in [0.2, 0.25) is 0 Å². The van der Waals surface area contributed by atoms with Crippen molar-refractivity contribution in [3.8, 4) is 0 Å². The molecule has 0 aromatic heterocycles. The first-order chi connectivity index (χ1) is 8.09. The summed E-state index contributed by atoms with van der Waals surface area (Å²) in [6, 6.07) is 13.8. The molecular formula is C15H15BrO. The predicted molar refractivity (Wildman–Crippen MR) is 74.1 cm³/mol. The van der Waals surface area contributed by atoms with Crippen LogP contribution in [0.15, 0.2) is 46.9 Å². The molecule has 0 saturated carbocycles. The van der Waals surface area contributed by atoms with Crippen LogP contribution >= 0.6 is 15.9 Å². The van der Waals surface area contributed by atoms with Crippen molar-refractivity contribution in [3.63, 3.8) is 0 Å². The van der Waals surface area contributed by atoms with Crippen LogP contribution in [0.1, 0.15) is 28.4 Å². The Kier molecular flexibility index (Phi) is 3.65. The van der Waals surface area contributed by atoms with Crippen LogP contribution < -0.4 is 0 Å². The normalized spacial score (nSPS) is 12.5. The molecule has 2 rings (SSSR count). The Morgan fingerprint density at radius 3 is 2.35 bits per heavy atom. The molecule has 1 nitrogen and oxygen atoms in total. The van der Waals surface area contributed by atoms with E-state index < -0.39 is 6.10 Å². The van der Waals surface area contributed by atoms with Crippen LogP contribution in [0, 0.1) is 13.8 Å². The molecule has 1 N–H and O–H groups in total. The van der Waals surface area contributed by atoms with E-state index in [1.54, 1.807) is 0 Å². The summed E-state index contributed by atoms with van der Waals surface area (Å²) in [5.41, 5.74) is 4.28. The first-order valence-corrected chi connectivity index (χ1v) is 6.38. The Balaban J connectivity index is 2.40. The topological polar surface area (TPSA) is 20.2 Å². The fraction of sp³-hybridized carbons (Fsp3) is 0.200. The van der Waals surface area contributed by atoms with Gasteiger partial charge in [-0.05, 0) is 42.2 Å². The molecule has 0 fully saturated rings. The number of hydrogen-bond acceptors (Lipinski definition) is 1. The maximum atomic E-state index is 10.4. The van der Waals surface area contributed by atoms with E-state index in [1.165, 1.54) is 11.1 Å². The Bertz CT molecular complexity index is 534. The van der Waals surface area contributed by atoms with E-state index in [1.807, 2.05) is 42.5 Å². The lowest BCUT2D eigenvalue weighted by Crippen LogP contribution is -2.01. The fourth-order valence-electron chi connectivity index (χ4n) is 1.81. The average Bonchev–Trinajstić information content (AvgIpc) is 2.32. The summed E-state index contributed by atoms with van der Waals surface area (Å²) in [5, 5.41) is 10.4. The van der Waals surface area contributed by atoms with Gasteiger partial charge in [0, 0.05) is 4.47 Å². The molecule has 0 aliphatic rings. The Morgan fingerprint density at radius 2 is 1.71 bits per heavy atom. The monoisotopic (exact) mass is 290 g/mol. The van der Waals surface area contributed by atoms with Crippen molar-refractivity contribution in [3.05, 3.63) is 69.2 Å². The van der Waals surface area contributed by atoms with E-state index in [4.69, 9.17) is 0 Å². The standard InChI is InChI=1S/C15H15BrO/c1-10-7-8-12(9-11(10)2)15(17)13-5-3-4-6-14(13)16/h3-9,15,17H,1-2H3. The van der Waals surface area contributed by atoms with E-state index in [-0.39, 0.29) is 0 Å². The van der Waals surface area contributed by atoms with E-state index >= 15 is 0 Å². The maximum absolute atomic E-state index is 10.4. The molecule has 1 atom stereocenters. The van der Waals surface area contributed by atoms with Gasteiger partial charge in [0.15, 0.2) is 0 Å². The maximum Gasteiger partial charge on any atom is 0.105 e. The third kappa shape index (κ3) is 2.59. The number of benzene rings is 2. The molecule has 0 aliphatic carbocycles. The van der Waals surface area contributed by atoms with Crippen molar-refractivity contribution >= 4 is 15.9 Å². The second kappa shape index (κ2) is 5.03. The molecule has 1 unspecified atom stereocenters. The summed E-state index contributed by atoms with van der Waals surface area (Å²) >= 11 is 3.47. The van der Waals surface area contributed by atoms with Crippen molar-refractivity contribution in [2.75, 3.05) is 0 Å². The molecule has 0 heterocycles. The fourth-order valence-corrected chi connectivity index (χ4v) is 2.31. The highest BCUT2D eigenvalue weighted by Crippen LogP contribution is 2.29. The second-order valence-electron chi connectivity index (χ2n) is 4.27. The summed E-state index contributed by atoms with van der Waals surface area (Å²) in [5.74, 6) is 0. The molecule has 0 spiro atoms. The average molecular weight is 291 g/mol. The molecular weight excluding hydrogens is 276 g/mol. The van der Waals surface area contributed by atoms with Crippen LogP contribution in [-0.2, 0) is 0 Å². The molecule has 0 aliphatic heterocycles. The molecule has 0 saturated heterocycles. The van der Waals surface area contributed by atoms with Gasteiger partial charge in [0.05, 0.1) is 0 Å². The molecule has 2 aromatic rings. The van der Waals surface area contributed by atoms with E-state index in [2.05, 4.69) is 29.8 Å². The molecule has 0 amide bonds. The summed E-state index contributed by atoms with van der Waals surface area (Å²) < 4.78 is 0.936. The number of aliphatic hydroxyl groups excluding tert-OH is 1. The van der Waals surface area contributed by atoms with Gasteiger partial charge in [-0.3, -0.25) is 0 Å². The van der Waals surface area contributed by atoms with Crippen molar-refractivity contribution in [2.24, 2.45) is 0 Å². The highest BCUT2D eigenvalue weighted by molar-refractivity contribution is 9.10. The van der Waals surface area contributed by atoms with Gasteiger partial charge in [-0.2, -0.15) is 0 Å². The quantitative estimate of drug-likeness (QED) is 0.881. The molecule has 2 aromatic carbocycles. The zero-order chi connectivity index (χ0) is 12.4. The highest BCUT2D eigenvalue weighted by atomic mass is 79.9. The molecule has 0 radical (unpaired) electrons. The number of hydrogen-bond donors (Lipinski definition) is 1. The molecule has 0 bridgehead atoms. The number of rotatable bonds is 2. The summed E-state index contributed by atoms with van der Waals surface area (Å²) in [6.45, 7) is 4.13. The minimum atomic E-state index is -0.579. The zero-order valence-electron chi connectivity index (χ0n) is 9.94. The third-order valence-electron chi connectivity index (χ3n) is 3.05. The van der Waals surface area contributed by atoms with Crippen LogP contribution in [0.3, 0.4) is 0 Å². The van der Waals surface area contributed by atoms with Gasteiger partial charge in [0.1, 0.15) is 6.10 Å². The minimum absolute atomic E-state index is 0.579. The minimum Gasteiger partial charge on any atom is -0.384 e. The first kappa shape index (κ1) is 12.3. The smallest absolute Gasteiger partial charge is 0.105 e. The van der Waals surface area contributed by atoms with Crippen molar-refractivity contribution < 1.29 is 5.11 Å². The van der Waals surface area contributed by atoms with Gasteiger partial charge < -0.3 is 5.11 Å². The SMILES string of the molecule is Cc1ccc(C(O)c2ccccc2Br)cc1C. The largest absolute Gasteiger partial charge is 0.384 e. The van der Waals surface area contributed by atoms with Gasteiger partial charge in [-0.15, -0.1) is 0 Å². The zero-order valence-corrected chi connectivity index (χ0v) is 11.5. The van der Waals surface area contributed by atoms with Crippen molar-refractivity contribution in [1.82, 2.24) is 0 Å². The summed E-state index contributed by atoms with van der Waals surface area (Å²) in [7, 11) is 0. The Hall–Kier alpha value is -1.12. The molecule has 17 heavy (non-hydrogen) atoms. The van der Waals surface area contributed by atoms with Gasteiger partial charge in [-0.25, -0.2) is 0 Å².